The van der Waals surface area contributed by atoms with Crippen molar-refractivity contribution in [2.45, 2.75) is 19.0 Å². The van der Waals surface area contributed by atoms with E-state index in [-0.39, 0.29) is 24.1 Å². The lowest BCUT2D eigenvalue weighted by atomic mass is 10.1. The highest BCUT2D eigenvalue weighted by atomic mass is 32.1. The van der Waals surface area contributed by atoms with E-state index in [9.17, 15) is 14.0 Å². The van der Waals surface area contributed by atoms with Gasteiger partial charge in [0.2, 0.25) is 5.91 Å². The third-order valence-corrected chi connectivity index (χ3v) is 6.02. The third-order valence-electron chi connectivity index (χ3n) is 4.75. The van der Waals surface area contributed by atoms with E-state index in [4.69, 9.17) is 12.2 Å². The van der Waals surface area contributed by atoms with Crippen molar-refractivity contribution < 1.29 is 14.0 Å². The Morgan fingerprint density at radius 1 is 1.07 bits per heavy atom. The van der Waals surface area contributed by atoms with Crippen LogP contribution in [0.5, 0.6) is 0 Å². The molecule has 8 heteroatoms. The van der Waals surface area contributed by atoms with E-state index in [0.29, 0.717) is 23.0 Å². The molecule has 4 rings (SSSR count). The molecular formula is C22H18FN3O2S2. The largest absolute Gasteiger partial charge is 0.331 e. The van der Waals surface area contributed by atoms with Crippen LogP contribution in [-0.4, -0.2) is 27.9 Å². The average Bonchev–Trinajstić information content (AvgIpc) is 3.33. The first-order valence-electron chi connectivity index (χ1n) is 9.30. The van der Waals surface area contributed by atoms with Crippen molar-refractivity contribution in [3.8, 4) is 0 Å². The molecule has 5 nitrogen and oxygen atoms in total. The fourth-order valence-electron chi connectivity index (χ4n) is 3.32. The summed E-state index contributed by atoms with van der Waals surface area (Å²) in [7, 11) is 0. The Morgan fingerprint density at radius 2 is 1.80 bits per heavy atom. The van der Waals surface area contributed by atoms with E-state index in [1.165, 1.54) is 29.2 Å². The predicted octanol–water partition coefficient (Wildman–Crippen LogP) is 4.42. The van der Waals surface area contributed by atoms with Crippen molar-refractivity contribution in [1.29, 1.82) is 0 Å². The zero-order valence-corrected chi connectivity index (χ0v) is 17.5. The Kier molecular flexibility index (Phi) is 5.87. The molecule has 1 N–H and O–H groups in total. The van der Waals surface area contributed by atoms with Gasteiger partial charge in [-0.2, -0.15) is 0 Å². The van der Waals surface area contributed by atoms with E-state index in [0.717, 1.165) is 4.88 Å². The standard InChI is InChI=1S/C22H18FN3O2S2/c23-15-8-10-16(11-9-15)24-20(27)13-19-21(28)26(17-5-2-1-3-6-17)22(29)25(19)14-18-7-4-12-30-18/h1-12,19H,13-14H2,(H,24,27)/t19-/m1/s1. The van der Waals surface area contributed by atoms with Crippen LogP contribution >= 0.6 is 23.6 Å². The van der Waals surface area contributed by atoms with Gasteiger partial charge in [-0.1, -0.05) is 24.3 Å². The molecule has 1 aliphatic rings. The van der Waals surface area contributed by atoms with Crippen molar-refractivity contribution in [2.24, 2.45) is 0 Å². The highest BCUT2D eigenvalue weighted by Crippen LogP contribution is 2.29. The van der Waals surface area contributed by atoms with Crippen LogP contribution in [0, 0.1) is 5.82 Å². The molecule has 1 atom stereocenters. The monoisotopic (exact) mass is 439 g/mol. The molecule has 2 heterocycles. The SMILES string of the molecule is O=C(C[C@@H]1C(=O)N(c2ccccc2)C(=S)N1Cc1cccs1)Nc1ccc(F)cc1. The number of hydrogen-bond acceptors (Lipinski definition) is 4. The molecule has 1 aromatic heterocycles. The van der Waals surface area contributed by atoms with Crippen LogP contribution in [0.4, 0.5) is 15.8 Å². The van der Waals surface area contributed by atoms with Gasteiger partial charge in [0.05, 0.1) is 18.7 Å². The van der Waals surface area contributed by atoms with Gasteiger partial charge in [-0.05, 0) is 60.1 Å². The van der Waals surface area contributed by atoms with Gasteiger partial charge in [-0.3, -0.25) is 14.5 Å². The zero-order valence-electron chi connectivity index (χ0n) is 15.8. The van der Waals surface area contributed by atoms with Crippen LogP contribution in [0.1, 0.15) is 11.3 Å². The van der Waals surface area contributed by atoms with Crippen molar-refractivity contribution in [3.63, 3.8) is 0 Å². The smallest absolute Gasteiger partial charge is 0.256 e. The Labute approximate surface area is 182 Å². The summed E-state index contributed by atoms with van der Waals surface area (Å²) in [5.41, 5.74) is 1.14. The second-order valence-electron chi connectivity index (χ2n) is 6.77. The van der Waals surface area contributed by atoms with Gasteiger partial charge in [0, 0.05) is 10.6 Å². The molecule has 0 saturated carbocycles. The summed E-state index contributed by atoms with van der Waals surface area (Å²) in [5, 5.41) is 5.06. The van der Waals surface area contributed by atoms with Gasteiger partial charge in [0.25, 0.3) is 5.91 Å². The van der Waals surface area contributed by atoms with Gasteiger partial charge >= 0.3 is 0 Å². The number of thiophene rings is 1. The molecule has 1 saturated heterocycles. The number of hydrogen-bond donors (Lipinski definition) is 1. The fourth-order valence-corrected chi connectivity index (χ4v) is 4.41. The first kappa shape index (κ1) is 20.2. The number of benzene rings is 2. The maximum Gasteiger partial charge on any atom is 0.256 e. The van der Waals surface area contributed by atoms with Crippen molar-refractivity contribution in [1.82, 2.24) is 4.90 Å². The van der Waals surface area contributed by atoms with Gasteiger partial charge in [-0.15, -0.1) is 11.3 Å². The number of carbonyl (C=O) groups is 2. The van der Waals surface area contributed by atoms with E-state index in [1.54, 1.807) is 16.2 Å². The predicted molar refractivity (Wildman–Crippen MR) is 120 cm³/mol. The molecule has 2 aromatic carbocycles. The van der Waals surface area contributed by atoms with Crippen LogP contribution in [0.15, 0.2) is 72.1 Å². The lowest BCUT2D eigenvalue weighted by molar-refractivity contribution is -0.124. The van der Waals surface area contributed by atoms with Crippen LogP contribution in [0.2, 0.25) is 0 Å². The van der Waals surface area contributed by atoms with E-state index in [1.807, 2.05) is 47.8 Å². The molecule has 3 aromatic rings. The van der Waals surface area contributed by atoms with Crippen LogP contribution in [0.25, 0.3) is 0 Å². The number of para-hydroxylation sites is 1. The molecule has 0 spiro atoms. The molecule has 2 amide bonds. The van der Waals surface area contributed by atoms with Gasteiger partial charge in [0.1, 0.15) is 11.9 Å². The molecule has 30 heavy (non-hydrogen) atoms. The van der Waals surface area contributed by atoms with Gasteiger partial charge in [0.15, 0.2) is 5.11 Å². The summed E-state index contributed by atoms with van der Waals surface area (Å²) in [6, 6.07) is 17.9. The zero-order chi connectivity index (χ0) is 21.1. The second-order valence-corrected chi connectivity index (χ2v) is 8.17. The Hall–Kier alpha value is -3.10. The molecule has 0 radical (unpaired) electrons. The number of thiocarbonyl (C=S) groups is 1. The first-order chi connectivity index (χ1) is 14.5. The fraction of sp³-hybridized carbons (Fsp3) is 0.136. The molecule has 0 unspecified atom stereocenters. The molecule has 1 fully saturated rings. The maximum absolute atomic E-state index is 13.3. The second kappa shape index (κ2) is 8.73. The summed E-state index contributed by atoms with van der Waals surface area (Å²) >= 11 is 7.20. The minimum atomic E-state index is -0.722. The quantitative estimate of drug-likeness (QED) is 0.578. The lowest BCUT2D eigenvalue weighted by Gasteiger charge is -2.23. The number of rotatable bonds is 6. The van der Waals surface area contributed by atoms with E-state index < -0.39 is 6.04 Å². The number of nitrogens with one attached hydrogen (secondary N) is 1. The highest BCUT2D eigenvalue weighted by Gasteiger charge is 2.44. The maximum atomic E-state index is 13.3. The summed E-state index contributed by atoms with van der Waals surface area (Å²) < 4.78 is 13.1. The van der Waals surface area contributed by atoms with Crippen molar-refractivity contribution in [2.75, 3.05) is 10.2 Å². The summed E-state index contributed by atoms with van der Waals surface area (Å²) in [4.78, 5) is 30.2. The average molecular weight is 440 g/mol. The van der Waals surface area contributed by atoms with E-state index in [2.05, 4.69) is 5.32 Å². The Morgan fingerprint density at radius 3 is 2.47 bits per heavy atom. The van der Waals surface area contributed by atoms with Gasteiger partial charge in [-0.25, -0.2) is 4.39 Å². The lowest BCUT2D eigenvalue weighted by Crippen LogP contribution is -2.37. The summed E-state index contributed by atoms with van der Waals surface area (Å²) in [6.07, 6.45) is -0.0644. The normalized spacial score (nSPS) is 16.2. The molecule has 0 bridgehead atoms. The number of halogens is 1. The summed E-state index contributed by atoms with van der Waals surface area (Å²) in [5.74, 6) is -0.962. The number of amides is 2. The van der Waals surface area contributed by atoms with Crippen LogP contribution in [-0.2, 0) is 16.1 Å². The topological polar surface area (TPSA) is 52.7 Å². The summed E-state index contributed by atoms with van der Waals surface area (Å²) in [6.45, 7) is 0.445. The Balaban J connectivity index is 1.57. The minimum Gasteiger partial charge on any atom is -0.331 e. The molecule has 1 aliphatic heterocycles. The van der Waals surface area contributed by atoms with Crippen molar-refractivity contribution in [3.05, 3.63) is 82.8 Å². The number of anilines is 2. The highest BCUT2D eigenvalue weighted by molar-refractivity contribution is 7.80. The number of nitrogens with zero attached hydrogens (tertiary/aromatic N) is 2. The Bertz CT molecular complexity index is 1060. The van der Waals surface area contributed by atoms with Crippen LogP contribution < -0.4 is 10.2 Å². The molecular weight excluding hydrogens is 421 g/mol. The van der Waals surface area contributed by atoms with E-state index >= 15 is 0 Å². The van der Waals surface area contributed by atoms with Crippen molar-refractivity contribution >= 4 is 51.9 Å². The molecule has 152 valence electrons. The number of carbonyl (C=O) groups excluding carboxylic acids is 2. The van der Waals surface area contributed by atoms with Crippen LogP contribution in [0.3, 0.4) is 0 Å². The van der Waals surface area contributed by atoms with Gasteiger partial charge < -0.3 is 10.2 Å². The molecule has 0 aliphatic carbocycles. The third kappa shape index (κ3) is 4.24. The minimum absolute atomic E-state index is 0.0644. The first-order valence-corrected chi connectivity index (χ1v) is 10.6.